The second-order valence-corrected chi connectivity index (χ2v) is 3.94. The summed E-state index contributed by atoms with van der Waals surface area (Å²) in [5.74, 6) is -0.323. The van der Waals surface area contributed by atoms with Gasteiger partial charge in [0.2, 0.25) is 0 Å². The summed E-state index contributed by atoms with van der Waals surface area (Å²) in [6, 6.07) is 7.20. The van der Waals surface area contributed by atoms with Gasteiger partial charge in [0, 0.05) is 13.0 Å². The van der Waals surface area contributed by atoms with Crippen LogP contribution in [-0.4, -0.2) is 26.0 Å². The van der Waals surface area contributed by atoms with Gasteiger partial charge in [-0.3, -0.25) is 0 Å². The minimum absolute atomic E-state index is 0.0738. The molecule has 1 aromatic carbocycles. The SMILES string of the molecule is COC(=O)c1ccc(COC2CCCO2)cc1. The molecule has 0 radical (unpaired) electrons. The van der Waals surface area contributed by atoms with Crippen LogP contribution in [0, 0.1) is 0 Å². The highest BCUT2D eigenvalue weighted by molar-refractivity contribution is 5.89. The molecule has 0 aromatic heterocycles. The average molecular weight is 236 g/mol. The molecule has 4 heteroatoms. The van der Waals surface area contributed by atoms with Gasteiger partial charge in [0.05, 0.1) is 19.3 Å². The van der Waals surface area contributed by atoms with Gasteiger partial charge in [0.1, 0.15) is 0 Å². The van der Waals surface area contributed by atoms with Gasteiger partial charge in [-0.1, -0.05) is 12.1 Å². The molecule has 1 aliphatic rings. The monoisotopic (exact) mass is 236 g/mol. The summed E-state index contributed by atoms with van der Waals surface area (Å²) in [5, 5.41) is 0. The lowest BCUT2D eigenvalue weighted by molar-refractivity contribution is -0.118. The van der Waals surface area contributed by atoms with Crippen LogP contribution in [-0.2, 0) is 20.8 Å². The highest BCUT2D eigenvalue weighted by atomic mass is 16.7. The van der Waals surface area contributed by atoms with E-state index in [4.69, 9.17) is 9.47 Å². The van der Waals surface area contributed by atoms with Crippen molar-refractivity contribution in [3.8, 4) is 0 Å². The fourth-order valence-corrected chi connectivity index (χ4v) is 1.72. The Balaban J connectivity index is 1.87. The number of benzene rings is 1. The number of rotatable bonds is 4. The molecule has 4 nitrogen and oxygen atoms in total. The lowest BCUT2D eigenvalue weighted by Gasteiger charge is -2.10. The lowest BCUT2D eigenvalue weighted by atomic mass is 10.1. The normalized spacial score (nSPS) is 19.2. The fraction of sp³-hybridized carbons (Fsp3) is 0.462. The summed E-state index contributed by atoms with van der Waals surface area (Å²) in [4.78, 5) is 11.2. The van der Waals surface area contributed by atoms with Crippen molar-refractivity contribution in [2.75, 3.05) is 13.7 Å². The van der Waals surface area contributed by atoms with Crippen LogP contribution in [0.15, 0.2) is 24.3 Å². The molecule has 1 aromatic rings. The van der Waals surface area contributed by atoms with Gasteiger partial charge in [-0.05, 0) is 24.1 Å². The number of esters is 1. The van der Waals surface area contributed by atoms with Crippen LogP contribution in [0.5, 0.6) is 0 Å². The molecule has 0 bridgehead atoms. The molecule has 0 amide bonds. The Morgan fingerprint density at radius 1 is 1.41 bits per heavy atom. The Hall–Kier alpha value is -1.39. The third-order valence-electron chi connectivity index (χ3n) is 2.70. The first-order valence-corrected chi connectivity index (χ1v) is 5.70. The zero-order chi connectivity index (χ0) is 12.1. The summed E-state index contributed by atoms with van der Waals surface area (Å²) in [5.41, 5.74) is 1.57. The van der Waals surface area contributed by atoms with Crippen LogP contribution < -0.4 is 0 Å². The van der Waals surface area contributed by atoms with Crippen LogP contribution in [0.3, 0.4) is 0 Å². The maximum absolute atomic E-state index is 11.2. The Morgan fingerprint density at radius 2 is 2.18 bits per heavy atom. The van der Waals surface area contributed by atoms with Crippen molar-refractivity contribution in [1.29, 1.82) is 0 Å². The third-order valence-corrected chi connectivity index (χ3v) is 2.70. The largest absolute Gasteiger partial charge is 0.465 e. The molecule has 1 aliphatic heterocycles. The van der Waals surface area contributed by atoms with Crippen LogP contribution in [0.25, 0.3) is 0 Å². The second-order valence-electron chi connectivity index (χ2n) is 3.94. The Kier molecular flexibility index (Phi) is 4.12. The summed E-state index contributed by atoms with van der Waals surface area (Å²) in [7, 11) is 1.37. The number of hydrogen-bond donors (Lipinski definition) is 0. The van der Waals surface area contributed by atoms with Gasteiger partial charge < -0.3 is 14.2 Å². The van der Waals surface area contributed by atoms with E-state index >= 15 is 0 Å². The molecule has 2 rings (SSSR count). The molecule has 0 spiro atoms. The van der Waals surface area contributed by atoms with E-state index in [2.05, 4.69) is 4.74 Å². The molecule has 0 aliphatic carbocycles. The van der Waals surface area contributed by atoms with Crippen LogP contribution in [0.4, 0.5) is 0 Å². The smallest absolute Gasteiger partial charge is 0.337 e. The van der Waals surface area contributed by atoms with E-state index < -0.39 is 0 Å². The molecule has 1 saturated heterocycles. The quantitative estimate of drug-likeness (QED) is 0.751. The number of carbonyl (C=O) groups excluding carboxylic acids is 1. The highest BCUT2D eigenvalue weighted by Gasteiger charge is 2.15. The fourth-order valence-electron chi connectivity index (χ4n) is 1.72. The van der Waals surface area contributed by atoms with Gasteiger partial charge in [0.15, 0.2) is 6.29 Å². The molecule has 0 N–H and O–H groups in total. The van der Waals surface area contributed by atoms with E-state index in [1.165, 1.54) is 7.11 Å². The van der Waals surface area contributed by atoms with E-state index in [0.29, 0.717) is 12.2 Å². The van der Waals surface area contributed by atoms with E-state index in [-0.39, 0.29) is 12.3 Å². The first-order chi connectivity index (χ1) is 8.29. The minimum atomic E-state index is -0.323. The Bertz CT molecular complexity index is 366. The van der Waals surface area contributed by atoms with Gasteiger partial charge in [0.25, 0.3) is 0 Å². The first kappa shape index (κ1) is 12.1. The number of carbonyl (C=O) groups is 1. The molecule has 1 fully saturated rings. The Morgan fingerprint density at radius 3 is 2.76 bits per heavy atom. The maximum atomic E-state index is 11.2. The van der Waals surface area contributed by atoms with Crippen LogP contribution >= 0.6 is 0 Å². The standard InChI is InChI=1S/C13H16O4/c1-15-13(14)11-6-4-10(5-7-11)9-17-12-3-2-8-16-12/h4-7,12H,2-3,8-9H2,1H3. The minimum Gasteiger partial charge on any atom is -0.465 e. The van der Waals surface area contributed by atoms with Gasteiger partial charge in [-0.25, -0.2) is 4.79 Å². The number of ether oxygens (including phenoxy) is 3. The lowest BCUT2D eigenvalue weighted by Crippen LogP contribution is -2.10. The van der Waals surface area contributed by atoms with Crippen LogP contribution in [0.2, 0.25) is 0 Å². The van der Waals surface area contributed by atoms with E-state index in [0.717, 1.165) is 25.0 Å². The van der Waals surface area contributed by atoms with Crippen LogP contribution in [0.1, 0.15) is 28.8 Å². The molecule has 1 unspecified atom stereocenters. The van der Waals surface area contributed by atoms with Gasteiger partial charge in [-0.15, -0.1) is 0 Å². The van der Waals surface area contributed by atoms with Crippen molar-refractivity contribution < 1.29 is 19.0 Å². The molecule has 1 heterocycles. The van der Waals surface area contributed by atoms with Crippen molar-refractivity contribution in [2.24, 2.45) is 0 Å². The summed E-state index contributed by atoms with van der Waals surface area (Å²) in [6.45, 7) is 1.29. The predicted molar refractivity (Wildman–Crippen MR) is 61.5 cm³/mol. The van der Waals surface area contributed by atoms with Crippen molar-refractivity contribution in [1.82, 2.24) is 0 Å². The second kappa shape index (κ2) is 5.80. The van der Waals surface area contributed by atoms with Crippen molar-refractivity contribution in [3.05, 3.63) is 35.4 Å². The summed E-state index contributed by atoms with van der Waals surface area (Å²) in [6.07, 6.45) is 1.95. The molecule has 1 atom stereocenters. The summed E-state index contributed by atoms with van der Waals surface area (Å²) < 4.78 is 15.6. The van der Waals surface area contributed by atoms with Crippen molar-refractivity contribution in [3.63, 3.8) is 0 Å². The van der Waals surface area contributed by atoms with Crippen molar-refractivity contribution >= 4 is 5.97 Å². The topological polar surface area (TPSA) is 44.8 Å². The molecular formula is C13H16O4. The van der Waals surface area contributed by atoms with Gasteiger partial charge >= 0.3 is 5.97 Å². The highest BCUT2D eigenvalue weighted by Crippen LogP contribution is 2.15. The molecule has 17 heavy (non-hydrogen) atoms. The predicted octanol–water partition coefficient (Wildman–Crippen LogP) is 2.13. The maximum Gasteiger partial charge on any atom is 0.337 e. The average Bonchev–Trinajstić information content (AvgIpc) is 2.89. The van der Waals surface area contributed by atoms with E-state index in [1.807, 2.05) is 12.1 Å². The molecule has 0 saturated carbocycles. The number of methoxy groups -OCH3 is 1. The first-order valence-electron chi connectivity index (χ1n) is 5.70. The van der Waals surface area contributed by atoms with E-state index in [9.17, 15) is 4.79 Å². The third kappa shape index (κ3) is 3.28. The number of hydrogen-bond acceptors (Lipinski definition) is 4. The molecular weight excluding hydrogens is 220 g/mol. The molecule has 92 valence electrons. The zero-order valence-corrected chi connectivity index (χ0v) is 9.85. The van der Waals surface area contributed by atoms with Gasteiger partial charge in [-0.2, -0.15) is 0 Å². The Labute approximate surface area is 100 Å². The van der Waals surface area contributed by atoms with E-state index in [1.54, 1.807) is 12.1 Å². The zero-order valence-electron chi connectivity index (χ0n) is 9.85. The van der Waals surface area contributed by atoms with Crippen molar-refractivity contribution in [2.45, 2.75) is 25.7 Å². The summed E-state index contributed by atoms with van der Waals surface area (Å²) >= 11 is 0.